The zero-order valence-corrected chi connectivity index (χ0v) is 12.8. The first kappa shape index (κ1) is 14.8. The van der Waals surface area contributed by atoms with Gasteiger partial charge < -0.3 is 4.90 Å². The van der Waals surface area contributed by atoms with E-state index >= 15 is 0 Å². The number of hydrogen-bond donors (Lipinski definition) is 2. The Bertz CT molecular complexity index is 599. The lowest BCUT2D eigenvalue weighted by Crippen LogP contribution is -2.30. The van der Waals surface area contributed by atoms with Gasteiger partial charge in [-0.2, -0.15) is 0 Å². The fourth-order valence-electron chi connectivity index (χ4n) is 1.53. The van der Waals surface area contributed by atoms with E-state index in [1.165, 1.54) is 11.3 Å². The van der Waals surface area contributed by atoms with Crippen molar-refractivity contribution in [2.75, 3.05) is 19.0 Å². The normalized spacial score (nSPS) is 10.3. The fourth-order valence-corrected chi connectivity index (χ4v) is 3.29. The molecule has 0 saturated heterocycles. The van der Waals surface area contributed by atoms with Crippen LogP contribution in [0.4, 0.5) is 5.13 Å². The van der Waals surface area contributed by atoms with E-state index in [9.17, 15) is 4.79 Å². The lowest BCUT2D eigenvalue weighted by atomic mass is 10.1. The molecule has 0 radical (unpaired) electrons. The van der Waals surface area contributed by atoms with E-state index in [-0.39, 0.29) is 5.91 Å². The number of anilines is 1. The Hall–Kier alpha value is -1.64. The summed E-state index contributed by atoms with van der Waals surface area (Å²) in [7, 11) is 3.85. The number of nitrogens with two attached hydrogens (primary N) is 1. The number of thioether (sulfide) groups is 1. The number of rotatable bonds is 5. The molecule has 0 saturated carbocycles. The van der Waals surface area contributed by atoms with Crippen LogP contribution in [-0.4, -0.2) is 30.2 Å². The summed E-state index contributed by atoms with van der Waals surface area (Å²) in [5.41, 5.74) is 3.66. The summed E-state index contributed by atoms with van der Waals surface area (Å²) >= 11 is 3.07. The van der Waals surface area contributed by atoms with Gasteiger partial charge in [-0.25, -0.2) is 5.84 Å². The Morgan fingerprint density at radius 1 is 1.40 bits per heavy atom. The number of nitrogens with zero attached hydrogens (tertiary/aromatic N) is 3. The first-order valence-corrected chi connectivity index (χ1v) is 7.64. The summed E-state index contributed by atoms with van der Waals surface area (Å²) in [6, 6.07) is 7.37. The molecule has 0 unspecified atom stereocenters. The van der Waals surface area contributed by atoms with Crippen LogP contribution in [0.15, 0.2) is 28.6 Å². The van der Waals surface area contributed by atoms with Gasteiger partial charge in [0, 0.05) is 25.4 Å². The predicted molar refractivity (Wildman–Crippen MR) is 81.9 cm³/mol. The van der Waals surface area contributed by atoms with Gasteiger partial charge in [0.25, 0.3) is 5.91 Å². The average molecular weight is 309 g/mol. The number of hydrogen-bond acceptors (Lipinski definition) is 7. The summed E-state index contributed by atoms with van der Waals surface area (Å²) in [5.74, 6) is 5.54. The zero-order chi connectivity index (χ0) is 14.5. The minimum Gasteiger partial charge on any atom is -0.353 e. The summed E-state index contributed by atoms with van der Waals surface area (Å²) in [6.07, 6.45) is 0. The van der Waals surface area contributed by atoms with E-state index < -0.39 is 0 Å². The number of carbonyl (C=O) groups is 1. The number of nitrogens with one attached hydrogen (secondary N) is 1. The lowest BCUT2D eigenvalue weighted by Gasteiger charge is -2.06. The van der Waals surface area contributed by atoms with E-state index in [0.29, 0.717) is 11.3 Å². The molecule has 1 aromatic carbocycles. The van der Waals surface area contributed by atoms with Crippen molar-refractivity contribution < 1.29 is 4.79 Å². The lowest BCUT2D eigenvalue weighted by molar-refractivity contribution is 0.0953. The van der Waals surface area contributed by atoms with Gasteiger partial charge in [0.1, 0.15) is 0 Å². The van der Waals surface area contributed by atoms with Crippen molar-refractivity contribution in [1.29, 1.82) is 0 Å². The van der Waals surface area contributed by atoms with Gasteiger partial charge in [-0.3, -0.25) is 10.2 Å². The van der Waals surface area contributed by atoms with Crippen molar-refractivity contribution in [3.8, 4) is 0 Å². The first-order chi connectivity index (χ1) is 9.61. The van der Waals surface area contributed by atoms with Crippen LogP contribution >= 0.6 is 23.1 Å². The third-order valence-corrected chi connectivity index (χ3v) is 4.80. The molecule has 0 atom stereocenters. The molecular formula is C12H15N5OS2. The monoisotopic (exact) mass is 309 g/mol. The first-order valence-electron chi connectivity index (χ1n) is 5.84. The second kappa shape index (κ2) is 6.69. The highest BCUT2D eigenvalue weighted by Crippen LogP contribution is 2.30. The zero-order valence-electron chi connectivity index (χ0n) is 11.2. The molecule has 0 spiro atoms. The van der Waals surface area contributed by atoms with Crippen molar-refractivity contribution in [1.82, 2.24) is 15.6 Å². The highest BCUT2D eigenvalue weighted by atomic mass is 32.2. The Morgan fingerprint density at radius 2 is 2.15 bits per heavy atom. The molecule has 0 aliphatic heterocycles. The van der Waals surface area contributed by atoms with Gasteiger partial charge in [0.05, 0.1) is 0 Å². The van der Waals surface area contributed by atoms with Gasteiger partial charge in [-0.1, -0.05) is 41.3 Å². The molecular weight excluding hydrogens is 294 g/mol. The minimum absolute atomic E-state index is 0.285. The molecule has 20 heavy (non-hydrogen) atoms. The molecule has 1 heterocycles. The van der Waals surface area contributed by atoms with Crippen molar-refractivity contribution in [3.63, 3.8) is 0 Å². The fraction of sp³-hybridized carbons (Fsp3) is 0.250. The second-order valence-electron chi connectivity index (χ2n) is 4.16. The van der Waals surface area contributed by atoms with Crippen LogP contribution in [0, 0.1) is 0 Å². The molecule has 0 aliphatic carbocycles. The van der Waals surface area contributed by atoms with Crippen LogP contribution in [-0.2, 0) is 5.75 Å². The number of amides is 1. The molecule has 2 rings (SSSR count). The third kappa shape index (κ3) is 3.47. The van der Waals surface area contributed by atoms with Crippen molar-refractivity contribution in [2.24, 2.45) is 5.84 Å². The van der Waals surface area contributed by atoms with Crippen molar-refractivity contribution >= 4 is 34.1 Å². The maximum atomic E-state index is 11.7. The van der Waals surface area contributed by atoms with E-state index in [1.807, 2.05) is 37.2 Å². The van der Waals surface area contributed by atoms with Gasteiger partial charge >= 0.3 is 0 Å². The van der Waals surface area contributed by atoms with Gasteiger partial charge in [0.2, 0.25) is 5.13 Å². The van der Waals surface area contributed by atoms with Crippen LogP contribution in [0.5, 0.6) is 0 Å². The molecule has 0 bridgehead atoms. The van der Waals surface area contributed by atoms with Crippen molar-refractivity contribution in [3.05, 3.63) is 35.4 Å². The Balaban J connectivity index is 2.08. The Morgan fingerprint density at radius 3 is 2.80 bits per heavy atom. The molecule has 1 aromatic heterocycles. The van der Waals surface area contributed by atoms with Crippen LogP contribution in [0.2, 0.25) is 0 Å². The van der Waals surface area contributed by atoms with E-state index in [4.69, 9.17) is 5.84 Å². The van der Waals surface area contributed by atoms with Crippen LogP contribution < -0.4 is 16.2 Å². The molecule has 106 valence electrons. The van der Waals surface area contributed by atoms with Crippen LogP contribution in [0.1, 0.15) is 15.9 Å². The largest absolute Gasteiger partial charge is 0.353 e. The van der Waals surface area contributed by atoms with Gasteiger partial charge in [-0.05, 0) is 11.6 Å². The van der Waals surface area contributed by atoms with E-state index in [0.717, 1.165) is 15.0 Å². The highest BCUT2D eigenvalue weighted by Gasteiger charge is 2.11. The molecule has 0 fully saturated rings. The average Bonchev–Trinajstić information content (AvgIpc) is 2.93. The quantitative estimate of drug-likeness (QED) is 0.377. The topological polar surface area (TPSA) is 84.1 Å². The van der Waals surface area contributed by atoms with Crippen LogP contribution in [0.25, 0.3) is 0 Å². The number of nitrogen functional groups attached to an aromatic ring is 1. The Kier molecular flexibility index (Phi) is 4.94. The molecule has 1 amide bonds. The van der Waals surface area contributed by atoms with Gasteiger partial charge in [0.15, 0.2) is 4.34 Å². The number of aromatic nitrogens is 2. The summed E-state index contributed by atoms with van der Waals surface area (Å²) in [4.78, 5) is 13.6. The number of carbonyl (C=O) groups excluding carboxylic acids is 1. The summed E-state index contributed by atoms with van der Waals surface area (Å²) < 4.78 is 0.872. The van der Waals surface area contributed by atoms with Gasteiger partial charge in [-0.15, -0.1) is 10.2 Å². The molecule has 0 aliphatic rings. The summed E-state index contributed by atoms with van der Waals surface area (Å²) in [6.45, 7) is 0. The molecule has 3 N–H and O–H groups in total. The SMILES string of the molecule is CN(C)c1nnc(SCc2ccccc2C(=O)NN)s1. The Labute approximate surface area is 125 Å². The smallest absolute Gasteiger partial charge is 0.265 e. The predicted octanol–water partition coefficient (Wildman–Crippen LogP) is 1.50. The minimum atomic E-state index is -0.285. The highest BCUT2D eigenvalue weighted by molar-refractivity contribution is 8.00. The maximum Gasteiger partial charge on any atom is 0.265 e. The third-order valence-electron chi connectivity index (χ3n) is 2.52. The van der Waals surface area contributed by atoms with Crippen molar-refractivity contribution in [2.45, 2.75) is 10.1 Å². The van der Waals surface area contributed by atoms with E-state index in [1.54, 1.807) is 17.8 Å². The maximum absolute atomic E-state index is 11.7. The summed E-state index contributed by atoms with van der Waals surface area (Å²) in [5, 5.41) is 9.05. The number of hydrazine groups is 1. The standard InChI is InChI=1S/C12H15N5OS2/c1-17(2)11-15-16-12(20-11)19-7-8-5-3-4-6-9(8)10(18)14-13/h3-6H,7,13H2,1-2H3,(H,14,18). The molecule has 2 aromatic rings. The molecule has 6 nitrogen and oxygen atoms in total. The van der Waals surface area contributed by atoms with Crippen LogP contribution in [0.3, 0.4) is 0 Å². The second-order valence-corrected chi connectivity index (χ2v) is 6.34. The number of benzene rings is 1. The molecule has 8 heteroatoms. The van der Waals surface area contributed by atoms with E-state index in [2.05, 4.69) is 15.6 Å².